The van der Waals surface area contributed by atoms with Crippen molar-refractivity contribution in [1.29, 1.82) is 0 Å². The number of alkyl halides is 3. The van der Waals surface area contributed by atoms with Crippen LogP contribution in [-0.4, -0.2) is 17.4 Å². The molecule has 4 nitrogen and oxygen atoms in total. The molecule has 2 heterocycles. The number of halogens is 3. The summed E-state index contributed by atoms with van der Waals surface area (Å²) >= 11 is 0. The second kappa shape index (κ2) is 8.65. The number of benzene rings is 1. The molecule has 0 fully saturated rings. The van der Waals surface area contributed by atoms with Crippen molar-refractivity contribution in [2.24, 2.45) is 0 Å². The zero-order valence-corrected chi connectivity index (χ0v) is 15.5. The number of amides is 1. The van der Waals surface area contributed by atoms with Crippen LogP contribution >= 0.6 is 0 Å². The normalized spacial score (nSPS) is 14.1. The molecule has 0 radical (unpaired) electrons. The summed E-state index contributed by atoms with van der Waals surface area (Å²) in [5.74, 6) is 5.35. The molecule has 2 N–H and O–H groups in total. The first kappa shape index (κ1) is 20.2. The van der Waals surface area contributed by atoms with Gasteiger partial charge in [-0.15, -0.1) is 5.92 Å². The predicted octanol–water partition coefficient (Wildman–Crippen LogP) is 3.72. The van der Waals surface area contributed by atoms with Gasteiger partial charge >= 0.3 is 6.18 Å². The van der Waals surface area contributed by atoms with E-state index in [0.717, 1.165) is 12.1 Å². The van der Waals surface area contributed by atoms with Crippen molar-refractivity contribution < 1.29 is 18.0 Å². The molecular weight excluding hydrogens is 379 g/mol. The van der Waals surface area contributed by atoms with Gasteiger partial charge in [-0.1, -0.05) is 30.2 Å². The van der Waals surface area contributed by atoms with Gasteiger partial charge in [-0.3, -0.25) is 9.78 Å². The van der Waals surface area contributed by atoms with Gasteiger partial charge in [0.05, 0.1) is 22.9 Å². The summed E-state index contributed by atoms with van der Waals surface area (Å²) in [6, 6.07) is 7.37. The van der Waals surface area contributed by atoms with Crippen LogP contribution in [0.2, 0.25) is 0 Å². The average molecular weight is 397 g/mol. The monoisotopic (exact) mass is 397 g/mol. The maximum absolute atomic E-state index is 12.9. The molecule has 0 saturated carbocycles. The average Bonchev–Trinajstić information content (AvgIpc) is 2.73. The Labute approximate surface area is 166 Å². The second-order valence-corrected chi connectivity index (χ2v) is 6.25. The van der Waals surface area contributed by atoms with Gasteiger partial charge in [-0.05, 0) is 36.8 Å². The molecule has 148 valence electrons. The number of hydrogen-bond acceptors (Lipinski definition) is 3. The van der Waals surface area contributed by atoms with Crippen LogP contribution in [0.1, 0.15) is 35.3 Å². The minimum Gasteiger partial charge on any atom is -0.387 e. The highest BCUT2D eigenvalue weighted by atomic mass is 19.4. The highest BCUT2D eigenvalue weighted by molar-refractivity contribution is 5.96. The Hall–Kier alpha value is -3.53. The molecule has 0 aliphatic carbocycles. The Morgan fingerprint density at radius 3 is 2.62 bits per heavy atom. The van der Waals surface area contributed by atoms with Gasteiger partial charge in [0.25, 0.3) is 5.91 Å². The molecule has 0 saturated heterocycles. The molecule has 3 rings (SSSR count). The Balaban J connectivity index is 2.02. The highest BCUT2D eigenvalue weighted by Gasteiger charge is 2.31. The third-order valence-corrected chi connectivity index (χ3v) is 4.27. The van der Waals surface area contributed by atoms with E-state index in [1.807, 2.05) is 0 Å². The molecule has 1 atom stereocenters. The first-order valence-electron chi connectivity index (χ1n) is 8.86. The third kappa shape index (κ3) is 4.85. The molecule has 7 heteroatoms. The number of aromatic nitrogens is 1. The summed E-state index contributed by atoms with van der Waals surface area (Å²) in [4.78, 5) is 17.1. The van der Waals surface area contributed by atoms with E-state index in [9.17, 15) is 18.0 Å². The van der Waals surface area contributed by atoms with E-state index in [1.54, 1.807) is 43.6 Å². The van der Waals surface area contributed by atoms with Crippen LogP contribution in [0.5, 0.6) is 0 Å². The second-order valence-electron chi connectivity index (χ2n) is 6.25. The van der Waals surface area contributed by atoms with Gasteiger partial charge < -0.3 is 10.6 Å². The van der Waals surface area contributed by atoms with Gasteiger partial charge in [-0.25, -0.2) is 0 Å². The fourth-order valence-electron chi connectivity index (χ4n) is 2.89. The molecule has 1 aromatic carbocycles. The lowest BCUT2D eigenvalue weighted by Gasteiger charge is -2.21. The number of rotatable bonds is 4. The number of dihydropyridines is 1. The molecule has 29 heavy (non-hydrogen) atoms. The van der Waals surface area contributed by atoms with Crippen LogP contribution in [0, 0.1) is 11.8 Å². The zero-order valence-electron chi connectivity index (χ0n) is 15.5. The number of carbonyl (C=O) groups is 1. The largest absolute Gasteiger partial charge is 0.416 e. The number of hydrogen-bond donors (Lipinski definition) is 2. The number of nitrogens with zero attached hydrogens (tertiary/aromatic N) is 1. The molecule has 1 aromatic heterocycles. The van der Waals surface area contributed by atoms with Crippen LogP contribution < -0.4 is 10.6 Å². The third-order valence-electron chi connectivity index (χ3n) is 4.27. The van der Waals surface area contributed by atoms with Crippen molar-refractivity contribution in [3.63, 3.8) is 0 Å². The summed E-state index contributed by atoms with van der Waals surface area (Å²) in [5.41, 5.74) is 1.17. The fourth-order valence-corrected chi connectivity index (χ4v) is 2.89. The standard InChI is InChI=1S/C22H18F3N3O/c1-2-5-15-6-4-13-27-19(15)20(28-21(29)17-7-3-12-26-14-17)16-8-10-18(11-9-16)22(23,24)25/h3-4,6-11,13-14,20,26H,12H2,1H3,(H,28,29). The minimum absolute atomic E-state index is 0.376. The van der Waals surface area contributed by atoms with E-state index in [4.69, 9.17) is 0 Å². The number of carbonyl (C=O) groups excluding carboxylic acids is 1. The van der Waals surface area contributed by atoms with Gasteiger partial charge in [0.15, 0.2) is 0 Å². The molecule has 1 aliphatic heterocycles. The summed E-state index contributed by atoms with van der Waals surface area (Å²) in [6.45, 7) is 2.29. The van der Waals surface area contributed by atoms with E-state index < -0.39 is 17.8 Å². The summed E-state index contributed by atoms with van der Waals surface area (Å²) in [6.07, 6.45) is 2.19. The first-order valence-corrected chi connectivity index (χ1v) is 8.86. The van der Waals surface area contributed by atoms with Crippen LogP contribution in [0.25, 0.3) is 0 Å². The maximum Gasteiger partial charge on any atom is 0.416 e. The lowest BCUT2D eigenvalue weighted by atomic mass is 9.97. The van der Waals surface area contributed by atoms with Crippen LogP contribution in [0.3, 0.4) is 0 Å². The lowest BCUT2D eigenvalue weighted by Crippen LogP contribution is -2.32. The minimum atomic E-state index is -4.44. The molecule has 2 aromatic rings. The molecule has 1 unspecified atom stereocenters. The van der Waals surface area contributed by atoms with Crippen molar-refractivity contribution in [2.75, 3.05) is 6.54 Å². The predicted molar refractivity (Wildman–Crippen MR) is 103 cm³/mol. The van der Waals surface area contributed by atoms with Crippen LogP contribution in [0.4, 0.5) is 13.2 Å². The lowest BCUT2D eigenvalue weighted by molar-refractivity contribution is -0.137. The smallest absolute Gasteiger partial charge is 0.387 e. The van der Waals surface area contributed by atoms with Crippen molar-refractivity contribution in [1.82, 2.24) is 15.6 Å². The Morgan fingerprint density at radius 1 is 1.24 bits per heavy atom. The SMILES string of the molecule is CC#Cc1cccnc1C(NC(=O)C1=CNCC=C1)c1ccc(C(F)(F)F)cc1. The zero-order chi connectivity index (χ0) is 20.9. The van der Waals surface area contributed by atoms with Crippen molar-refractivity contribution in [3.05, 3.63) is 88.9 Å². The molecule has 1 amide bonds. The quantitative estimate of drug-likeness (QED) is 0.774. The molecule has 0 spiro atoms. The highest BCUT2D eigenvalue weighted by Crippen LogP contribution is 2.31. The van der Waals surface area contributed by atoms with Crippen molar-refractivity contribution in [2.45, 2.75) is 19.1 Å². The summed E-state index contributed by atoms with van der Waals surface area (Å²) < 4.78 is 38.8. The van der Waals surface area contributed by atoms with E-state index in [-0.39, 0.29) is 5.91 Å². The van der Waals surface area contributed by atoms with Crippen molar-refractivity contribution >= 4 is 5.91 Å². The molecular formula is C22H18F3N3O. The first-order chi connectivity index (χ1) is 13.9. The molecule has 0 bridgehead atoms. The summed E-state index contributed by atoms with van der Waals surface area (Å²) in [7, 11) is 0. The maximum atomic E-state index is 12.9. The van der Waals surface area contributed by atoms with Gasteiger partial charge in [0.2, 0.25) is 0 Å². The van der Waals surface area contributed by atoms with E-state index in [2.05, 4.69) is 27.5 Å². The van der Waals surface area contributed by atoms with E-state index in [0.29, 0.717) is 28.9 Å². The van der Waals surface area contributed by atoms with E-state index >= 15 is 0 Å². The topological polar surface area (TPSA) is 54.0 Å². The Morgan fingerprint density at radius 2 is 2.00 bits per heavy atom. The molecule has 1 aliphatic rings. The van der Waals surface area contributed by atoms with Gasteiger partial charge in [0.1, 0.15) is 0 Å². The Bertz CT molecular complexity index is 1010. The van der Waals surface area contributed by atoms with Gasteiger partial charge in [0, 0.05) is 24.5 Å². The van der Waals surface area contributed by atoms with E-state index in [1.165, 1.54) is 12.1 Å². The van der Waals surface area contributed by atoms with Crippen LogP contribution in [-0.2, 0) is 11.0 Å². The number of nitrogens with one attached hydrogen (secondary N) is 2. The van der Waals surface area contributed by atoms with Crippen molar-refractivity contribution in [3.8, 4) is 11.8 Å². The van der Waals surface area contributed by atoms with Crippen LogP contribution in [0.15, 0.2) is 66.5 Å². The fraction of sp³-hybridized carbons (Fsp3) is 0.182. The Kier molecular flexibility index (Phi) is 6.03. The number of pyridine rings is 1. The van der Waals surface area contributed by atoms with Gasteiger partial charge in [-0.2, -0.15) is 13.2 Å². The summed E-state index contributed by atoms with van der Waals surface area (Å²) in [5, 5.41) is 5.82.